The minimum atomic E-state index is -0.139. The van der Waals surface area contributed by atoms with E-state index in [1.807, 2.05) is 6.07 Å². The Morgan fingerprint density at radius 3 is 2.50 bits per heavy atom. The molecule has 2 saturated carbocycles. The van der Waals surface area contributed by atoms with Gasteiger partial charge in [-0.05, 0) is 48.8 Å². The first-order chi connectivity index (χ1) is 7.68. The number of halogens is 1. The van der Waals surface area contributed by atoms with Crippen LogP contribution in [0.15, 0.2) is 24.3 Å². The smallest absolute Gasteiger partial charge is 0.123 e. The Morgan fingerprint density at radius 1 is 1.25 bits per heavy atom. The monoisotopic (exact) mass is 219 g/mol. The van der Waals surface area contributed by atoms with Crippen LogP contribution in [0.3, 0.4) is 0 Å². The van der Waals surface area contributed by atoms with Crippen molar-refractivity contribution in [2.24, 2.45) is 11.1 Å². The molecule has 3 rings (SSSR count). The van der Waals surface area contributed by atoms with E-state index < -0.39 is 0 Å². The van der Waals surface area contributed by atoms with Crippen molar-refractivity contribution in [1.82, 2.24) is 0 Å². The Morgan fingerprint density at radius 2 is 2.00 bits per heavy atom. The molecule has 2 N–H and O–H groups in total. The lowest BCUT2D eigenvalue weighted by Crippen LogP contribution is -2.56. The predicted octanol–water partition coefficient (Wildman–Crippen LogP) is 2.99. The molecule has 0 radical (unpaired) electrons. The van der Waals surface area contributed by atoms with E-state index in [0.29, 0.717) is 12.0 Å². The zero-order valence-corrected chi connectivity index (χ0v) is 9.51. The van der Waals surface area contributed by atoms with Gasteiger partial charge in [0.25, 0.3) is 0 Å². The summed E-state index contributed by atoms with van der Waals surface area (Å²) in [7, 11) is 0. The van der Waals surface area contributed by atoms with E-state index in [0.717, 1.165) is 5.56 Å². The molecule has 0 amide bonds. The van der Waals surface area contributed by atoms with Crippen LogP contribution in [0.25, 0.3) is 0 Å². The zero-order valence-electron chi connectivity index (χ0n) is 9.51. The standard InChI is InChI=1S/C14H18FN/c15-12-4-1-3-11(7-12)14(10-16)8-13(9-14)5-2-6-13/h1,3-4,7H,2,5-6,8-10,16H2. The molecule has 0 atom stereocenters. The molecule has 2 aliphatic rings. The Bertz CT molecular complexity index is 401. The van der Waals surface area contributed by atoms with Crippen LogP contribution in [0.5, 0.6) is 0 Å². The summed E-state index contributed by atoms with van der Waals surface area (Å²) in [5.74, 6) is -0.139. The molecular weight excluding hydrogens is 201 g/mol. The fourth-order valence-corrected chi connectivity index (χ4v) is 3.70. The summed E-state index contributed by atoms with van der Waals surface area (Å²) in [5, 5.41) is 0. The quantitative estimate of drug-likeness (QED) is 0.813. The van der Waals surface area contributed by atoms with Crippen molar-refractivity contribution in [3.05, 3.63) is 35.6 Å². The van der Waals surface area contributed by atoms with E-state index >= 15 is 0 Å². The Balaban J connectivity index is 1.87. The van der Waals surface area contributed by atoms with Gasteiger partial charge < -0.3 is 5.73 Å². The molecule has 0 saturated heterocycles. The van der Waals surface area contributed by atoms with Crippen LogP contribution >= 0.6 is 0 Å². The molecule has 0 bridgehead atoms. The second-order valence-electron chi connectivity index (χ2n) is 5.70. The molecule has 1 nitrogen and oxygen atoms in total. The van der Waals surface area contributed by atoms with Crippen molar-refractivity contribution in [2.75, 3.05) is 6.54 Å². The third-order valence-corrected chi connectivity index (χ3v) is 4.67. The average molecular weight is 219 g/mol. The molecule has 2 heteroatoms. The maximum atomic E-state index is 13.2. The van der Waals surface area contributed by atoms with Gasteiger partial charge in [-0.15, -0.1) is 0 Å². The molecule has 1 spiro atoms. The summed E-state index contributed by atoms with van der Waals surface area (Å²) in [6, 6.07) is 7.00. The topological polar surface area (TPSA) is 26.0 Å². The summed E-state index contributed by atoms with van der Waals surface area (Å²) in [5.41, 5.74) is 7.68. The van der Waals surface area contributed by atoms with E-state index in [2.05, 4.69) is 0 Å². The number of benzene rings is 1. The van der Waals surface area contributed by atoms with Crippen LogP contribution in [0.1, 0.15) is 37.7 Å². The molecular formula is C14H18FN. The fourth-order valence-electron chi connectivity index (χ4n) is 3.70. The van der Waals surface area contributed by atoms with E-state index in [4.69, 9.17) is 5.73 Å². The number of hydrogen-bond donors (Lipinski definition) is 1. The second kappa shape index (κ2) is 3.30. The number of nitrogens with two attached hydrogens (primary N) is 1. The predicted molar refractivity (Wildman–Crippen MR) is 62.7 cm³/mol. The zero-order chi connectivity index (χ0) is 11.2. The van der Waals surface area contributed by atoms with Crippen LogP contribution < -0.4 is 5.73 Å². The van der Waals surface area contributed by atoms with Crippen LogP contribution in [0.2, 0.25) is 0 Å². The Kier molecular flexibility index (Phi) is 2.12. The molecule has 0 unspecified atom stereocenters. The van der Waals surface area contributed by atoms with Crippen LogP contribution in [-0.2, 0) is 5.41 Å². The lowest BCUT2D eigenvalue weighted by Gasteiger charge is -2.61. The van der Waals surface area contributed by atoms with Crippen molar-refractivity contribution in [2.45, 2.75) is 37.5 Å². The summed E-state index contributed by atoms with van der Waals surface area (Å²) < 4.78 is 13.2. The highest BCUT2D eigenvalue weighted by Gasteiger charge is 2.56. The van der Waals surface area contributed by atoms with E-state index in [-0.39, 0.29) is 11.2 Å². The maximum Gasteiger partial charge on any atom is 0.123 e. The van der Waals surface area contributed by atoms with Crippen LogP contribution in [0.4, 0.5) is 4.39 Å². The first kappa shape index (κ1) is 10.3. The summed E-state index contributed by atoms with van der Waals surface area (Å²) in [4.78, 5) is 0. The van der Waals surface area contributed by atoms with Crippen molar-refractivity contribution in [1.29, 1.82) is 0 Å². The minimum Gasteiger partial charge on any atom is -0.330 e. The number of hydrogen-bond acceptors (Lipinski definition) is 1. The molecule has 2 fully saturated rings. The van der Waals surface area contributed by atoms with Gasteiger partial charge in [-0.3, -0.25) is 0 Å². The molecule has 86 valence electrons. The SMILES string of the molecule is NCC1(c2cccc(F)c2)CC2(CCC2)C1. The fraction of sp³-hybridized carbons (Fsp3) is 0.571. The van der Waals surface area contributed by atoms with Crippen molar-refractivity contribution < 1.29 is 4.39 Å². The normalized spacial score (nSPS) is 24.9. The van der Waals surface area contributed by atoms with Gasteiger partial charge in [0, 0.05) is 12.0 Å². The summed E-state index contributed by atoms with van der Waals surface area (Å²) in [6.45, 7) is 0.651. The average Bonchev–Trinajstić information content (AvgIpc) is 2.15. The lowest BCUT2D eigenvalue weighted by molar-refractivity contribution is -0.0447. The van der Waals surface area contributed by atoms with E-state index in [1.54, 1.807) is 12.1 Å². The third kappa shape index (κ3) is 1.32. The van der Waals surface area contributed by atoms with E-state index in [1.165, 1.54) is 38.2 Å². The van der Waals surface area contributed by atoms with Gasteiger partial charge in [0.1, 0.15) is 5.82 Å². The van der Waals surface area contributed by atoms with Crippen molar-refractivity contribution in [3.63, 3.8) is 0 Å². The highest BCUT2D eigenvalue weighted by Crippen LogP contribution is 2.64. The highest BCUT2D eigenvalue weighted by molar-refractivity contribution is 5.32. The van der Waals surface area contributed by atoms with Crippen LogP contribution in [-0.4, -0.2) is 6.54 Å². The Hall–Kier alpha value is -0.890. The molecule has 1 aromatic carbocycles. The lowest BCUT2D eigenvalue weighted by atomic mass is 9.44. The highest BCUT2D eigenvalue weighted by atomic mass is 19.1. The molecule has 1 aromatic rings. The van der Waals surface area contributed by atoms with Crippen molar-refractivity contribution in [3.8, 4) is 0 Å². The van der Waals surface area contributed by atoms with Crippen LogP contribution in [0, 0.1) is 11.2 Å². The van der Waals surface area contributed by atoms with Gasteiger partial charge in [0.05, 0.1) is 0 Å². The third-order valence-electron chi connectivity index (χ3n) is 4.67. The first-order valence-electron chi connectivity index (χ1n) is 6.14. The molecule has 16 heavy (non-hydrogen) atoms. The van der Waals surface area contributed by atoms with Gasteiger partial charge >= 0.3 is 0 Å². The maximum absolute atomic E-state index is 13.2. The first-order valence-corrected chi connectivity index (χ1v) is 6.14. The number of rotatable bonds is 2. The van der Waals surface area contributed by atoms with Crippen molar-refractivity contribution >= 4 is 0 Å². The molecule has 0 aromatic heterocycles. The van der Waals surface area contributed by atoms with Gasteiger partial charge in [-0.2, -0.15) is 0 Å². The van der Waals surface area contributed by atoms with Gasteiger partial charge in [0.2, 0.25) is 0 Å². The molecule has 0 heterocycles. The van der Waals surface area contributed by atoms with Gasteiger partial charge in [0.15, 0.2) is 0 Å². The van der Waals surface area contributed by atoms with E-state index in [9.17, 15) is 4.39 Å². The minimum absolute atomic E-state index is 0.0719. The molecule has 0 aliphatic heterocycles. The summed E-state index contributed by atoms with van der Waals surface area (Å²) >= 11 is 0. The van der Waals surface area contributed by atoms with Gasteiger partial charge in [-0.1, -0.05) is 18.6 Å². The second-order valence-corrected chi connectivity index (χ2v) is 5.70. The van der Waals surface area contributed by atoms with Gasteiger partial charge in [-0.25, -0.2) is 4.39 Å². The largest absolute Gasteiger partial charge is 0.330 e. The molecule has 2 aliphatic carbocycles. The summed E-state index contributed by atoms with van der Waals surface area (Å²) in [6.07, 6.45) is 6.40. The Labute approximate surface area is 95.8 Å².